The highest BCUT2D eigenvalue weighted by molar-refractivity contribution is 5.68. The van der Waals surface area contributed by atoms with Gasteiger partial charge in [-0.05, 0) is 54.5 Å². The number of hydrogen-bond acceptors (Lipinski definition) is 4. The van der Waals surface area contributed by atoms with Crippen LogP contribution in [0.15, 0.2) is 0 Å². The first-order valence-electron chi connectivity index (χ1n) is 7.43. The lowest BCUT2D eigenvalue weighted by Gasteiger charge is -2.32. The zero-order valence-electron chi connectivity index (χ0n) is 13.8. The molecule has 0 bridgehead atoms. The van der Waals surface area contributed by atoms with E-state index in [-0.39, 0.29) is 17.7 Å². The maximum Gasteiger partial charge on any atom is 0.410 e. The minimum atomic E-state index is -0.466. The van der Waals surface area contributed by atoms with Crippen molar-refractivity contribution in [3.8, 4) is 0 Å². The molecule has 0 unspecified atom stereocenters. The van der Waals surface area contributed by atoms with Crippen molar-refractivity contribution in [1.82, 2.24) is 10.2 Å². The molecule has 5 heteroatoms. The topological polar surface area (TPSA) is 50.8 Å². The number of carbonyl (C=O) groups excluding carboxylic acids is 1. The van der Waals surface area contributed by atoms with Crippen LogP contribution in [-0.4, -0.2) is 54.5 Å². The normalized spacial score (nSPS) is 20.0. The fraction of sp³-hybridized carbons (Fsp3) is 0.933. The SMILES string of the molecule is CC(C)(C)OCCN(C(=O)OC(C)(C)C)[C@H]1CCNC1. The van der Waals surface area contributed by atoms with Crippen molar-refractivity contribution in [2.75, 3.05) is 26.2 Å². The van der Waals surface area contributed by atoms with Crippen LogP contribution in [0.2, 0.25) is 0 Å². The summed E-state index contributed by atoms with van der Waals surface area (Å²) in [7, 11) is 0. The number of nitrogens with zero attached hydrogens (tertiary/aromatic N) is 1. The lowest BCUT2D eigenvalue weighted by atomic mass is 10.2. The molecule has 1 atom stereocenters. The molecule has 5 nitrogen and oxygen atoms in total. The Balaban J connectivity index is 2.58. The standard InChI is InChI=1S/C15H30N2O3/c1-14(2,3)19-10-9-17(12-7-8-16-11-12)13(18)20-15(4,5)6/h12,16H,7-11H2,1-6H3/t12-/m0/s1. The Morgan fingerprint density at radius 3 is 2.30 bits per heavy atom. The Bertz CT molecular complexity index is 312. The zero-order valence-corrected chi connectivity index (χ0v) is 13.8. The van der Waals surface area contributed by atoms with Crippen molar-refractivity contribution in [2.24, 2.45) is 0 Å². The second kappa shape index (κ2) is 6.76. The summed E-state index contributed by atoms with van der Waals surface area (Å²) in [5.74, 6) is 0. The fourth-order valence-electron chi connectivity index (χ4n) is 2.10. The van der Waals surface area contributed by atoms with E-state index < -0.39 is 5.60 Å². The van der Waals surface area contributed by atoms with Gasteiger partial charge in [0.1, 0.15) is 5.60 Å². The van der Waals surface area contributed by atoms with E-state index in [0.29, 0.717) is 13.2 Å². The lowest BCUT2D eigenvalue weighted by Crippen LogP contribution is -2.46. The summed E-state index contributed by atoms with van der Waals surface area (Å²) in [5, 5.41) is 3.29. The first-order chi connectivity index (χ1) is 9.08. The van der Waals surface area contributed by atoms with E-state index in [9.17, 15) is 4.79 Å². The number of hydrogen-bond donors (Lipinski definition) is 1. The van der Waals surface area contributed by atoms with Crippen LogP contribution in [-0.2, 0) is 9.47 Å². The van der Waals surface area contributed by atoms with Gasteiger partial charge in [-0.15, -0.1) is 0 Å². The van der Waals surface area contributed by atoms with Gasteiger partial charge in [0, 0.05) is 19.1 Å². The third-order valence-corrected chi connectivity index (χ3v) is 2.97. The molecule has 1 N–H and O–H groups in total. The predicted octanol–water partition coefficient (Wildman–Crippen LogP) is 2.40. The first-order valence-corrected chi connectivity index (χ1v) is 7.43. The van der Waals surface area contributed by atoms with E-state index in [1.807, 2.05) is 41.5 Å². The molecule has 1 rings (SSSR count). The number of nitrogens with one attached hydrogen (secondary N) is 1. The Kier molecular flexibility index (Phi) is 5.83. The molecule has 1 amide bonds. The molecule has 0 aliphatic carbocycles. The summed E-state index contributed by atoms with van der Waals surface area (Å²) in [4.78, 5) is 14.1. The Labute approximate surface area is 123 Å². The molecule has 20 heavy (non-hydrogen) atoms. The maximum atomic E-state index is 12.3. The lowest BCUT2D eigenvalue weighted by molar-refractivity contribution is -0.0261. The number of rotatable bonds is 4. The molecule has 1 saturated heterocycles. The average Bonchev–Trinajstić information content (AvgIpc) is 2.73. The molecule has 0 aromatic rings. The Hall–Kier alpha value is -0.810. The summed E-state index contributed by atoms with van der Waals surface area (Å²) in [6.45, 7) is 14.6. The van der Waals surface area contributed by atoms with Crippen LogP contribution in [0.25, 0.3) is 0 Å². The summed E-state index contributed by atoms with van der Waals surface area (Å²) < 4.78 is 11.2. The largest absolute Gasteiger partial charge is 0.444 e. The van der Waals surface area contributed by atoms with E-state index in [0.717, 1.165) is 19.5 Å². The smallest absolute Gasteiger partial charge is 0.410 e. The van der Waals surface area contributed by atoms with Crippen LogP contribution in [0.4, 0.5) is 4.79 Å². The second-order valence-electron chi connectivity index (χ2n) is 7.28. The van der Waals surface area contributed by atoms with Gasteiger partial charge < -0.3 is 19.7 Å². The van der Waals surface area contributed by atoms with Gasteiger partial charge in [-0.3, -0.25) is 0 Å². The molecule has 0 aromatic carbocycles. The van der Waals surface area contributed by atoms with Gasteiger partial charge in [-0.1, -0.05) is 0 Å². The van der Waals surface area contributed by atoms with Crippen LogP contribution in [0.1, 0.15) is 48.0 Å². The minimum absolute atomic E-state index is 0.187. The first kappa shape index (κ1) is 17.2. The van der Waals surface area contributed by atoms with Gasteiger partial charge in [0.2, 0.25) is 0 Å². The van der Waals surface area contributed by atoms with Gasteiger partial charge in [-0.2, -0.15) is 0 Å². The highest BCUT2D eigenvalue weighted by atomic mass is 16.6. The zero-order chi connectivity index (χ0) is 15.4. The maximum absolute atomic E-state index is 12.3. The molecule has 0 radical (unpaired) electrons. The average molecular weight is 286 g/mol. The third-order valence-electron chi connectivity index (χ3n) is 2.97. The van der Waals surface area contributed by atoms with E-state index >= 15 is 0 Å². The summed E-state index contributed by atoms with van der Waals surface area (Å²) >= 11 is 0. The molecule has 0 saturated carbocycles. The van der Waals surface area contributed by atoms with Gasteiger partial charge in [0.15, 0.2) is 0 Å². The van der Waals surface area contributed by atoms with Gasteiger partial charge >= 0.3 is 6.09 Å². The highest BCUT2D eigenvalue weighted by Gasteiger charge is 2.30. The van der Waals surface area contributed by atoms with Crippen molar-refractivity contribution in [1.29, 1.82) is 0 Å². The second-order valence-corrected chi connectivity index (χ2v) is 7.28. The van der Waals surface area contributed by atoms with Gasteiger partial charge in [0.05, 0.1) is 12.2 Å². The molecule has 0 spiro atoms. The molecule has 0 aromatic heterocycles. The van der Waals surface area contributed by atoms with E-state index in [1.54, 1.807) is 4.90 Å². The van der Waals surface area contributed by atoms with Crippen molar-refractivity contribution in [3.05, 3.63) is 0 Å². The molecule has 1 aliphatic rings. The Morgan fingerprint density at radius 1 is 1.20 bits per heavy atom. The number of amides is 1. The van der Waals surface area contributed by atoms with Crippen LogP contribution in [0, 0.1) is 0 Å². The van der Waals surface area contributed by atoms with Crippen molar-refractivity contribution in [3.63, 3.8) is 0 Å². The van der Waals surface area contributed by atoms with Crippen molar-refractivity contribution in [2.45, 2.75) is 65.2 Å². The number of ether oxygens (including phenoxy) is 2. The highest BCUT2D eigenvalue weighted by Crippen LogP contribution is 2.16. The third kappa shape index (κ3) is 6.57. The predicted molar refractivity (Wildman–Crippen MR) is 79.9 cm³/mol. The van der Waals surface area contributed by atoms with E-state index in [1.165, 1.54) is 0 Å². The van der Waals surface area contributed by atoms with Crippen LogP contribution in [0.3, 0.4) is 0 Å². The Morgan fingerprint density at radius 2 is 1.85 bits per heavy atom. The summed E-state index contributed by atoms with van der Waals surface area (Å²) in [6.07, 6.45) is 0.720. The fourth-order valence-corrected chi connectivity index (χ4v) is 2.10. The molecular formula is C15H30N2O3. The van der Waals surface area contributed by atoms with E-state index in [4.69, 9.17) is 9.47 Å². The molecule has 118 valence electrons. The quantitative estimate of drug-likeness (QED) is 0.862. The number of carbonyl (C=O) groups is 1. The van der Waals surface area contributed by atoms with E-state index in [2.05, 4.69) is 5.32 Å². The summed E-state index contributed by atoms with van der Waals surface area (Å²) in [6, 6.07) is 0.202. The molecule has 1 heterocycles. The molecular weight excluding hydrogens is 256 g/mol. The monoisotopic (exact) mass is 286 g/mol. The van der Waals surface area contributed by atoms with Crippen molar-refractivity contribution >= 4 is 6.09 Å². The minimum Gasteiger partial charge on any atom is -0.444 e. The van der Waals surface area contributed by atoms with Crippen LogP contribution in [0.5, 0.6) is 0 Å². The van der Waals surface area contributed by atoms with Crippen molar-refractivity contribution < 1.29 is 14.3 Å². The van der Waals surface area contributed by atoms with Gasteiger partial charge in [0.25, 0.3) is 0 Å². The van der Waals surface area contributed by atoms with Gasteiger partial charge in [-0.25, -0.2) is 4.79 Å². The molecule has 1 aliphatic heterocycles. The van der Waals surface area contributed by atoms with Crippen LogP contribution < -0.4 is 5.32 Å². The van der Waals surface area contributed by atoms with Crippen LogP contribution >= 0.6 is 0 Å². The molecule has 1 fully saturated rings. The summed E-state index contributed by atoms with van der Waals surface area (Å²) in [5.41, 5.74) is -0.653.